The molecule has 1 saturated carbocycles. The SMILES string of the molecule is COC(=O)O[C@@H]1[C@@H](OS(C)(=O)=O)[C@@H]2OC(=O)[C@]3(Cl)C(OC(C)=O)=C(Cl)[C@H]1[C@H]23. The highest BCUT2D eigenvalue weighted by Gasteiger charge is 2.77. The van der Waals surface area contributed by atoms with Crippen LogP contribution in [-0.4, -0.2) is 63.1 Å². The largest absolute Gasteiger partial charge is 0.508 e. The van der Waals surface area contributed by atoms with Crippen LogP contribution in [0.4, 0.5) is 4.79 Å². The van der Waals surface area contributed by atoms with E-state index in [0.29, 0.717) is 0 Å². The maximum atomic E-state index is 12.4. The number of alkyl halides is 1. The number of halogens is 2. The number of methoxy groups -OCH3 is 1. The van der Waals surface area contributed by atoms with Gasteiger partial charge in [-0.25, -0.2) is 9.59 Å². The first-order valence-corrected chi connectivity index (χ1v) is 10.1. The molecule has 13 heteroatoms. The molecule has 0 spiro atoms. The van der Waals surface area contributed by atoms with Gasteiger partial charge in [-0.1, -0.05) is 23.2 Å². The summed E-state index contributed by atoms with van der Waals surface area (Å²) in [6.45, 7) is 1.08. The van der Waals surface area contributed by atoms with E-state index in [-0.39, 0.29) is 10.8 Å². The Kier molecular flexibility index (Phi) is 4.86. The number of esters is 2. The number of hydrogen-bond acceptors (Lipinski definition) is 10. The third-order valence-corrected chi connectivity index (χ3v) is 6.09. The average molecular weight is 445 g/mol. The van der Waals surface area contributed by atoms with Crippen molar-refractivity contribution in [1.29, 1.82) is 0 Å². The van der Waals surface area contributed by atoms with Gasteiger partial charge >= 0.3 is 18.1 Å². The summed E-state index contributed by atoms with van der Waals surface area (Å²) >= 11 is 12.8. The number of rotatable bonds is 4. The van der Waals surface area contributed by atoms with Crippen LogP contribution in [0.3, 0.4) is 0 Å². The van der Waals surface area contributed by atoms with Crippen LogP contribution in [0.1, 0.15) is 6.92 Å². The van der Waals surface area contributed by atoms with Crippen LogP contribution in [-0.2, 0) is 42.8 Å². The lowest BCUT2D eigenvalue weighted by Gasteiger charge is -2.24. The molecule has 0 aromatic rings. The van der Waals surface area contributed by atoms with Gasteiger partial charge < -0.3 is 18.9 Å². The molecular weight excluding hydrogens is 431 g/mol. The minimum absolute atomic E-state index is 0.166. The van der Waals surface area contributed by atoms with Crippen LogP contribution >= 0.6 is 23.2 Å². The summed E-state index contributed by atoms with van der Waals surface area (Å²) in [4.78, 5) is 33.5. The highest BCUT2D eigenvalue weighted by atomic mass is 35.5. The van der Waals surface area contributed by atoms with E-state index in [2.05, 4.69) is 4.74 Å². The second-order valence-electron chi connectivity index (χ2n) is 6.21. The van der Waals surface area contributed by atoms with Gasteiger partial charge in [0.15, 0.2) is 11.9 Å². The zero-order chi connectivity index (χ0) is 20.3. The fourth-order valence-corrected chi connectivity index (χ4v) is 5.28. The third kappa shape index (κ3) is 3.06. The summed E-state index contributed by atoms with van der Waals surface area (Å²) in [7, 11) is -2.99. The van der Waals surface area contributed by atoms with E-state index in [1.807, 2.05) is 0 Å². The summed E-state index contributed by atoms with van der Waals surface area (Å²) in [6, 6.07) is 0. The van der Waals surface area contributed by atoms with Gasteiger partial charge in [0.05, 0.1) is 18.4 Å². The summed E-state index contributed by atoms with van der Waals surface area (Å²) < 4.78 is 48.1. The molecule has 10 nitrogen and oxygen atoms in total. The van der Waals surface area contributed by atoms with Crippen LogP contribution in [0.2, 0.25) is 0 Å². The average Bonchev–Trinajstić information content (AvgIpc) is 3.05. The summed E-state index contributed by atoms with van der Waals surface area (Å²) in [5.41, 5.74) is 0. The molecule has 0 aromatic carbocycles. The minimum atomic E-state index is -4.04. The summed E-state index contributed by atoms with van der Waals surface area (Å²) in [5.74, 6) is -4.10. The molecule has 2 fully saturated rings. The quantitative estimate of drug-likeness (QED) is 0.263. The van der Waals surface area contributed by atoms with Gasteiger partial charge in [0.25, 0.3) is 10.1 Å². The van der Waals surface area contributed by atoms with E-state index in [9.17, 15) is 22.8 Å². The highest BCUT2D eigenvalue weighted by molar-refractivity contribution is 7.86. The lowest BCUT2D eigenvalue weighted by Crippen LogP contribution is -2.40. The maximum Gasteiger partial charge on any atom is 0.508 e. The zero-order valence-corrected chi connectivity index (χ0v) is 16.5. The van der Waals surface area contributed by atoms with Gasteiger partial charge in [-0.2, -0.15) is 8.42 Å². The molecule has 2 aliphatic carbocycles. The molecule has 27 heavy (non-hydrogen) atoms. The van der Waals surface area contributed by atoms with E-state index < -0.39 is 63.2 Å². The van der Waals surface area contributed by atoms with E-state index in [1.165, 1.54) is 0 Å². The monoisotopic (exact) mass is 444 g/mol. The van der Waals surface area contributed by atoms with Crippen molar-refractivity contribution in [3.8, 4) is 0 Å². The molecular formula is C14H14Cl2O10S. The van der Waals surface area contributed by atoms with Crippen molar-refractivity contribution in [1.82, 2.24) is 0 Å². The van der Waals surface area contributed by atoms with Gasteiger partial charge in [0.2, 0.25) is 4.87 Å². The topological polar surface area (TPSA) is 132 Å². The molecule has 1 saturated heterocycles. The van der Waals surface area contributed by atoms with E-state index in [4.69, 9.17) is 41.6 Å². The minimum Gasteiger partial charge on any atom is -0.457 e. The molecule has 150 valence electrons. The van der Waals surface area contributed by atoms with Crippen molar-refractivity contribution < 1.29 is 45.9 Å². The molecule has 3 rings (SSSR count). The summed E-state index contributed by atoms with van der Waals surface area (Å²) in [6.07, 6.45) is -4.31. The Morgan fingerprint density at radius 3 is 2.41 bits per heavy atom. The van der Waals surface area contributed by atoms with Crippen LogP contribution in [0, 0.1) is 11.8 Å². The van der Waals surface area contributed by atoms with Crippen LogP contribution in [0.25, 0.3) is 0 Å². The standard InChI is InChI=1S/C14H14Cl2O10S/c1-4(17)23-11-7(15)5-6-9(24-12(18)14(6,11)16)10(26-27(3,20)21)8(5)25-13(19)22-2/h5-6,8-10H,1-3H3/t5-,6-,8+,9-,10-,14-/m1/s1. The molecule has 6 atom stereocenters. The molecule has 3 aliphatic rings. The predicted octanol–water partition coefficient (Wildman–Crippen LogP) is 0.659. The molecule has 0 bridgehead atoms. The Balaban J connectivity index is 2.11. The van der Waals surface area contributed by atoms with E-state index in [1.54, 1.807) is 0 Å². The molecule has 1 aliphatic heterocycles. The summed E-state index contributed by atoms with van der Waals surface area (Å²) in [5, 5.41) is -0.166. The Hall–Kier alpha value is -1.56. The van der Waals surface area contributed by atoms with Crippen molar-refractivity contribution in [3.05, 3.63) is 10.8 Å². The third-order valence-electron chi connectivity index (χ3n) is 4.51. The van der Waals surface area contributed by atoms with E-state index in [0.717, 1.165) is 20.3 Å². The van der Waals surface area contributed by atoms with Gasteiger partial charge in [-0.05, 0) is 0 Å². The number of ether oxygens (including phenoxy) is 4. The second kappa shape index (κ2) is 6.50. The van der Waals surface area contributed by atoms with Gasteiger partial charge in [0, 0.05) is 18.8 Å². The first kappa shape index (κ1) is 20.2. The van der Waals surface area contributed by atoms with Crippen molar-refractivity contribution in [3.63, 3.8) is 0 Å². The van der Waals surface area contributed by atoms with Crippen LogP contribution in [0.15, 0.2) is 10.8 Å². The molecule has 0 radical (unpaired) electrons. The van der Waals surface area contributed by atoms with Crippen molar-refractivity contribution in [2.75, 3.05) is 13.4 Å². The molecule has 1 heterocycles. The van der Waals surface area contributed by atoms with Crippen molar-refractivity contribution in [2.24, 2.45) is 11.8 Å². The maximum absolute atomic E-state index is 12.4. The van der Waals surface area contributed by atoms with Crippen molar-refractivity contribution >= 4 is 51.4 Å². The van der Waals surface area contributed by atoms with E-state index >= 15 is 0 Å². The lowest BCUT2D eigenvalue weighted by molar-refractivity contribution is -0.148. The number of carbonyl (C=O) groups excluding carboxylic acids is 3. The smallest absolute Gasteiger partial charge is 0.457 e. The normalized spacial score (nSPS) is 37.1. The van der Waals surface area contributed by atoms with Crippen LogP contribution < -0.4 is 0 Å². The Morgan fingerprint density at radius 1 is 1.26 bits per heavy atom. The predicted molar refractivity (Wildman–Crippen MR) is 87.1 cm³/mol. The fourth-order valence-electron chi connectivity index (χ4n) is 3.71. The Morgan fingerprint density at radius 2 is 1.89 bits per heavy atom. The Labute approximate surface area is 163 Å². The fraction of sp³-hybridized carbons (Fsp3) is 0.643. The van der Waals surface area contributed by atoms with Crippen molar-refractivity contribution in [2.45, 2.75) is 30.1 Å². The number of hydrogen-bond donors (Lipinski definition) is 0. The number of carbonyl (C=O) groups is 3. The van der Waals surface area contributed by atoms with Gasteiger partial charge in [0.1, 0.15) is 12.2 Å². The first-order valence-electron chi connectivity index (χ1n) is 7.53. The zero-order valence-electron chi connectivity index (χ0n) is 14.1. The Bertz CT molecular complexity index is 852. The second-order valence-corrected chi connectivity index (χ2v) is 8.81. The first-order chi connectivity index (χ1) is 12.4. The molecule has 0 unspecified atom stereocenters. The highest BCUT2D eigenvalue weighted by Crippen LogP contribution is 2.63. The van der Waals surface area contributed by atoms with Gasteiger partial charge in [-0.15, -0.1) is 0 Å². The molecule has 0 N–H and O–H groups in total. The lowest BCUT2D eigenvalue weighted by atomic mass is 9.90. The molecule has 0 aromatic heterocycles. The molecule has 0 amide bonds. The van der Waals surface area contributed by atoms with Crippen LogP contribution in [0.5, 0.6) is 0 Å². The van der Waals surface area contributed by atoms with Gasteiger partial charge in [-0.3, -0.25) is 8.98 Å².